The molecule has 1 atom stereocenters. The maximum absolute atomic E-state index is 12.6. The van der Waals surface area contributed by atoms with Crippen molar-refractivity contribution < 1.29 is 19.1 Å². The van der Waals surface area contributed by atoms with Crippen molar-refractivity contribution in [3.8, 4) is 5.75 Å². The Kier molecular flexibility index (Phi) is 5.66. The smallest absolute Gasteiger partial charge is 0.294 e. The minimum atomic E-state index is -0.427. The molecule has 2 saturated heterocycles. The molecule has 0 bridgehead atoms. The maximum atomic E-state index is 12.6. The highest BCUT2D eigenvalue weighted by Crippen LogP contribution is 2.34. The number of methoxy groups -OCH3 is 1. The second kappa shape index (κ2) is 7.95. The van der Waals surface area contributed by atoms with Crippen molar-refractivity contribution in [3.05, 3.63) is 34.7 Å². The third kappa shape index (κ3) is 3.77. The van der Waals surface area contributed by atoms with E-state index in [1.54, 1.807) is 24.2 Å². The van der Waals surface area contributed by atoms with Gasteiger partial charge in [0.2, 0.25) is 5.91 Å². The van der Waals surface area contributed by atoms with Gasteiger partial charge in [-0.25, -0.2) is 0 Å². The van der Waals surface area contributed by atoms with Crippen LogP contribution in [0.4, 0.5) is 4.79 Å². The molecule has 6 nitrogen and oxygen atoms in total. The van der Waals surface area contributed by atoms with Crippen molar-refractivity contribution >= 4 is 34.9 Å². The zero-order valence-electron chi connectivity index (χ0n) is 14.9. The molecule has 0 unspecified atom stereocenters. The molecule has 138 valence electrons. The van der Waals surface area contributed by atoms with Gasteiger partial charge in [0.25, 0.3) is 11.1 Å². The van der Waals surface area contributed by atoms with E-state index < -0.39 is 11.1 Å². The van der Waals surface area contributed by atoms with Crippen LogP contribution in [0.1, 0.15) is 31.7 Å². The van der Waals surface area contributed by atoms with Crippen LogP contribution in [-0.4, -0.2) is 53.1 Å². The summed E-state index contributed by atoms with van der Waals surface area (Å²) >= 11 is 0.858. The number of nitrogens with zero attached hydrogens (tertiary/aromatic N) is 2. The molecule has 2 heterocycles. The first-order valence-electron chi connectivity index (χ1n) is 8.69. The Morgan fingerprint density at radius 3 is 2.81 bits per heavy atom. The summed E-state index contributed by atoms with van der Waals surface area (Å²) in [5, 5.41) is -0.408. The summed E-state index contributed by atoms with van der Waals surface area (Å²) in [5.74, 6) is 0.0273. The number of hydrogen-bond acceptors (Lipinski definition) is 5. The van der Waals surface area contributed by atoms with Gasteiger partial charge < -0.3 is 9.64 Å². The zero-order chi connectivity index (χ0) is 18.7. The van der Waals surface area contributed by atoms with E-state index in [4.69, 9.17) is 4.74 Å². The summed E-state index contributed by atoms with van der Waals surface area (Å²) in [7, 11) is 1.55. The highest BCUT2D eigenvalue weighted by Gasteiger charge is 2.38. The molecule has 2 aliphatic rings. The van der Waals surface area contributed by atoms with Gasteiger partial charge in [0.15, 0.2) is 0 Å². The molecule has 3 rings (SSSR count). The lowest BCUT2D eigenvalue weighted by molar-refractivity contribution is -0.138. The van der Waals surface area contributed by atoms with Crippen LogP contribution in [0.5, 0.6) is 5.75 Å². The summed E-state index contributed by atoms with van der Waals surface area (Å²) in [6.07, 6.45) is 4.67. The third-order valence-corrected chi connectivity index (χ3v) is 5.62. The van der Waals surface area contributed by atoms with Gasteiger partial charge in [-0.05, 0) is 50.1 Å². The predicted octanol–water partition coefficient (Wildman–Crippen LogP) is 3.13. The molecule has 26 heavy (non-hydrogen) atoms. The number of para-hydroxylation sites is 1. The van der Waals surface area contributed by atoms with Crippen LogP contribution in [0.3, 0.4) is 0 Å². The molecule has 3 amide bonds. The van der Waals surface area contributed by atoms with E-state index in [1.807, 2.05) is 25.1 Å². The Balaban J connectivity index is 1.74. The average molecular weight is 374 g/mol. The number of benzene rings is 1. The third-order valence-electron chi connectivity index (χ3n) is 4.72. The minimum Gasteiger partial charge on any atom is -0.496 e. The highest BCUT2D eigenvalue weighted by atomic mass is 32.2. The lowest BCUT2D eigenvalue weighted by Crippen LogP contribution is -2.47. The zero-order valence-corrected chi connectivity index (χ0v) is 15.8. The summed E-state index contributed by atoms with van der Waals surface area (Å²) in [4.78, 5) is 40.6. The molecule has 2 fully saturated rings. The fraction of sp³-hybridized carbons (Fsp3) is 0.421. The second-order valence-electron chi connectivity index (χ2n) is 6.44. The van der Waals surface area contributed by atoms with Gasteiger partial charge in [0.1, 0.15) is 12.3 Å². The van der Waals surface area contributed by atoms with E-state index >= 15 is 0 Å². The molecule has 0 saturated carbocycles. The van der Waals surface area contributed by atoms with E-state index in [2.05, 4.69) is 0 Å². The molecular formula is C19H22N2O4S. The van der Waals surface area contributed by atoms with E-state index in [0.29, 0.717) is 17.2 Å². The fourth-order valence-corrected chi connectivity index (χ4v) is 4.09. The van der Waals surface area contributed by atoms with Crippen LogP contribution in [0, 0.1) is 0 Å². The number of carbonyl (C=O) groups excluding carboxylic acids is 3. The van der Waals surface area contributed by atoms with Gasteiger partial charge in [0.05, 0.1) is 12.0 Å². The molecule has 0 spiro atoms. The van der Waals surface area contributed by atoms with Crippen molar-refractivity contribution in [2.24, 2.45) is 0 Å². The fourth-order valence-electron chi connectivity index (χ4n) is 3.26. The molecule has 1 aromatic rings. The number of thioether (sulfide) groups is 1. The van der Waals surface area contributed by atoms with Crippen LogP contribution in [0.15, 0.2) is 29.2 Å². The van der Waals surface area contributed by atoms with Crippen LogP contribution in [0.25, 0.3) is 6.08 Å². The van der Waals surface area contributed by atoms with Crippen molar-refractivity contribution in [3.63, 3.8) is 0 Å². The van der Waals surface area contributed by atoms with Crippen LogP contribution >= 0.6 is 11.8 Å². The number of imide groups is 1. The molecular weight excluding hydrogens is 352 g/mol. The lowest BCUT2D eigenvalue weighted by atomic mass is 10.0. The standard InChI is InChI=1S/C19H22N2O4S/c1-13-7-5-6-10-20(13)17(22)12-21-18(23)16(26-19(21)24)11-14-8-3-4-9-15(14)25-2/h3-4,8-9,11,13H,5-7,10,12H2,1-2H3/b16-11-/t13-/m1/s1. The van der Waals surface area contributed by atoms with Gasteiger partial charge in [-0.3, -0.25) is 19.3 Å². The van der Waals surface area contributed by atoms with Gasteiger partial charge in [-0.1, -0.05) is 18.2 Å². The number of ether oxygens (including phenoxy) is 1. The van der Waals surface area contributed by atoms with Crippen LogP contribution in [-0.2, 0) is 9.59 Å². The first-order valence-corrected chi connectivity index (χ1v) is 9.50. The van der Waals surface area contributed by atoms with Gasteiger partial charge in [-0.15, -0.1) is 0 Å². The Morgan fingerprint density at radius 1 is 1.31 bits per heavy atom. The Hall–Kier alpha value is -2.28. The Labute approximate surface area is 157 Å². The minimum absolute atomic E-state index is 0.153. The number of hydrogen-bond donors (Lipinski definition) is 0. The Morgan fingerprint density at radius 2 is 2.08 bits per heavy atom. The van der Waals surface area contributed by atoms with E-state index in [-0.39, 0.29) is 18.5 Å². The van der Waals surface area contributed by atoms with E-state index in [0.717, 1.165) is 41.5 Å². The van der Waals surface area contributed by atoms with Gasteiger partial charge in [0, 0.05) is 18.2 Å². The van der Waals surface area contributed by atoms with Crippen molar-refractivity contribution in [1.29, 1.82) is 0 Å². The maximum Gasteiger partial charge on any atom is 0.294 e. The second-order valence-corrected chi connectivity index (χ2v) is 7.43. The van der Waals surface area contributed by atoms with Crippen LogP contribution in [0.2, 0.25) is 0 Å². The summed E-state index contributed by atoms with van der Waals surface area (Å²) in [6.45, 7) is 2.50. The molecule has 0 radical (unpaired) electrons. The lowest BCUT2D eigenvalue weighted by Gasteiger charge is -2.34. The molecule has 0 aromatic heterocycles. The largest absolute Gasteiger partial charge is 0.496 e. The molecule has 1 aromatic carbocycles. The van der Waals surface area contributed by atoms with E-state index in [9.17, 15) is 14.4 Å². The molecule has 0 aliphatic carbocycles. The first kappa shape index (κ1) is 18.5. The van der Waals surface area contributed by atoms with E-state index in [1.165, 1.54) is 0 Å². The number of piperidine rings is 1. The Bertz CT molecular complexity index is 762. The SMILES string of the molecule is COc1ccccc1/C=C1\SC(=O)N(CC(=O)N2CCCC[C@H]2C)C1=O. The molecule has 2 aliphatic heterocycles. The number of amides is 3. The molecule has 7 heteroatoms. The average Bonchev–Trinajstić information content (AvgIpc) is 2.90. The van der Waals surface area contributed by atoms with Gasteiger partial charge >= 0.3 is 0 Å². The first-order chi connectivity index (χ1) is 12.5. The van der Waals surface area contributed by atoms with Crippen molar-refractivity contribution in [2.75, 3.05) is 20.2 Å². The van der Waals surface area contributed by atoms with Crippen molar-refractivity contribution in [2.45, 2.75) is 32.2 Å². The quantitative estimate of drug-likeness (QED) is 0.758. The topological polar surface area (TPSA) is 66.9 Å². The summed E-state index contributed by atoms with van der Waals surface area (Å²) < 4.78 is 5.28. The summed E-state index contributed by atoms with van der Waals surface area (Å²) in [6, 6.07) is 7.42. The molecule has 0 N–H and O–H groups in total. The normalized spacial score (nSPS) is 22.2. The van der Waals surface area contributed by atoms with Crippen molar-refractivity contribution in [1.82, 2.24) is 9.80 Å². The van der Waals surface area contributed by atoms with Crippen LogP contribution < -0.4 is 4.74 Å². The predicted molar refractivity (Wildman–Crippen MR) is 101 cm³/mol. The monoisotopic (exact) mass is 374 g/mol. The summed E-state index contributed by atoms with van der Waals surface area (Å²) in [5.41, 5.74) is 0.719. The van der Waals surface area contributed by atoms with Gasteiger partial charge in [-0.2, -0.15) is 0 Å². The number of rotatable bonds is 4. The number of likely N-dealkylation sites (tertiary alicyclic amines) is 1. The highest BCUT2D eigenvalue weighted by molar-refractivity contribution is 8.18. The number of carbonyl (C=O) groups is 3.